The number of hydrogen-bond acceptors (Lipinski definition) is 1. The van der Waals surface area contributed by atoms with Gasteiger partial charge in [-0.1, -0.05) is 39.0 Å². The predicted octanol–water partition coefficient (Wildman–Crippen LogP) is 3.74. The number of benzene rings is 1. The molecule has 0 radical (unpaired) electrons. The molecular weight excluding hydrogens is 170 g/mol. The summed E-state index contributed by atoms with van der Waals surface area (Å²) in [6, 6.07) is 8.27. The largest absolute Gasteiger partial charge is 0.398 e. The van der Waals surface area contributed by atoms with Crippen molar-refractivity contribution in [3.05, 3.63) is 29.8 Å². The predicted molar refractivity (Wildman–Crippen MR) is 63.4 cm³/mol. The summed E-state index contributed by atoms with van der Waals surface area (Å²) in [5.41, 5.74) is 8.59. The highest BCUT2D eigenvalue weighted by Gasteiger charge is 2.27. The van der Waals surface area contributed by atoms with Crippen molar-refractivity contribution in [2.75, 3.05) is 5.73 Å². The van der Waals surface area contributed by atoms with E-state index < -0.39 is 0 Å². The maximum absolute atomic E-state index is 6.03. The topological polar surface area (TPSA) is 26.0 Å². The summed E-state index contributed by atoms with van der Waals surface area (Å²) in [6.45, 7) is 6.75. The maximum Gasteiger partial charge on any atom is 0.0352 e. The van der Waals surface area contributed by atoms with Crippen molar-refractivity contribution in [1.29, 1.82) is 0 Å². The summed E-state index contributed by atoms with van der Waals surface area (Å²) >= 11 is 0. The zero-order valence-electron chi connectivity index (χ0n) is 9.51. The van der Waals surface area contributed by atoms with Gasteiger partial charge in [-0.05, 0) is 36.3 Å². The molecule has 0 fully saturated rings. The van der Waals surface area contributed by atoms with Gasteiger partial charge in [0.05, 0.1) is 0 Å². The quantitative estimate of drug-likeness (QED) is 0.721. The first-order chi connectivity index (χ1) is 6.70. The molecule has 1 heteroatoms. The van der Waals surface area contributed by atoms with Crippen LogP contribution >= 0.6 is 0 Å². The number of nitrogen functional groups attached to an aromatic ring is 1. The minimum atomic E-state index is 0.283. The maximum atomic E-state index is 6.03. The molecule has 1 nitrogen and oxygen atoms in total. The Kier molecular flexibility index (Phi) is 3.56. The van der Waals surface area contributed by atoms with E-state index in [4.69, 9.17) is 5.73 Å². The minimum absolute atomic E-state index is 0.283. The summed E-state index contributed by atoms with van der Waals surface area (Å²) in [4.78, 5) is 0. The summed E-state index contributed by atoms with van der Waals surface area (Å²) in [6.07, 6.45) is 3.48. The van der Waals surface area contributed by atoms with Gasteiger partial charge in [0, 0.05) is 5.69 Å². The van der Waals surface area contributed by atoms with E-state index in [1.165, 1.54) is 5.56 Å². The van der Waals surface area contributed by atoms with Crippen LogP contribution in [0, 0.1) is 0 Å². The molecule has 0 saturated carbocycles. The Bertz CT molecular complexity index is 279. The summed E-state index contributed by atoms with van der Waals surface area (Å²) in [5.74, 6) is 0. The molecule has 0 aliphatic rings. The first-order valence-electron chi connectivity index (χ1n) is 5.55. The molecule has 0 spiro atoms. The summed E-state index contributed by atoms with van der Waals surface area (Å²) < 4.78 is 0. The van der Waals surface area contributed by atoms with E-state index in [0.717, 1.165) is 24.9 Å². The molecule has 1 aromatic rings. The van der Waals surface area contributed by atoms with Crippen LogP contribution in [0.4, 0.5) is 5.69 Å². The highest BCUT2D eigenvalue weighted by Crippen LogP contribution is 2.37. The summed E-state index contributed by atoms with van der Waals surface area (Å²) in [5, 5.41) is 0. The van der Waals surface area contributed by atoms with Crippen LogP contribution in [0.5, 0.6) is 0 Å². The third-order valence-corrected chi connectivity index (χ3v) is 3.56. The smallest absolute Gasteiger partial charge is 0.0352 e. The van der Waals surface area contributed by atoms with E-state index >= 15 is 0 Å². The van der Waals surface area contributed by atoms with Crippen LogP contribution in [-0.4, -0.2) is 0 Å². The lowest BCUT2D eigenvalue weighted by Gasteiger charge is -2.32. The lowest BCUT2D eigenvalue weighted by molar-refractivity contribution is 0.383. The van der Waals surface area contributed by atoms with Gasteiger partial charge >= 0.3 is 0 Å². The first-order valence-corrected chi connectivity index (χ1v) is 5.55. The van der Waals surface area contributed by atoms with Crippen molar-refractivity contribution >= 4 is 5.69 Å². The second-order valence-corrected chi connectivity index (χ2v) is 3.93. The molecule has 0 unspecified atom stereocenters. The van der Waals surface area contributed by atoms with E-state index in [1.807, 2.05) is 12.1 Å². The van der Waals surface area contributed by atoms with Crippen LogP contribution in [0.3, 0.4) is 0 Å². The third kappa shape index (κ3) is 1.77. The van der Waals surface area contributed by atoms with Gasteiger partial charge < -0.3 is 5.73 Å². The van der Waals surface area contributed by atoms with Gasteiger partial charge in [-0.2, -0.15) is 0 Å². The van der Waals surface area contributed by atoms with Crippen molar-refractivity contribution in [1.82, 2.24) is 0 Å². The van der Waals surface area contributed by atoms with Gasteiger partial charge in [0.25, 0.3) is 0 Å². The fraction of sp³-hybridized carbons (Fsp3) is 0.538. The van der Waals surface area contributed by atoms with Crippen molar-refractivity contribution in [3.8, 4) is 0 Å². The zero-order chi connectivity index (χ0) is 10.6. The normalized spacial score (nSPS) is 11.6. The average Bonchev–Trinajstić information content (AvgIpc) is 2.24. The van der Waals surface area contributed by atoms with Gasteiger partial charge in [-0.15, -0.1) is 0 Å². The lowest BCUT2D eigenvalue weighted by Crippen LogP contribution is -2.24. The standard InChI is InChI=1S/C13H21N/c1-4-13(5-2,6-3)11-9-7-8-10-12(11)14/h7-10H,4-6,14H2,1-3H3. The molecule has 0 aliphatic carbocycles. The number of hydrogen-bond donors (Lipinski definition) is 1. The monoisotopic (exact) mass is 191 g/mol. The average molecular weight is 191 g/mol. The van der Waals surface area contributed by atoms with E-state index in [9.17, 15) is 0 Å². The molecule has 0 aromatic heterocycles. The Morgan fingerprint density at radius 3 is 1.93 bits per heavy atom. The lowest BCUT2D eigenvalue weighted by atomic mass is 9.73. The highest BCUT2D eigenvalue weighted by molar-refractivity contribution is 5.50. The van der Waals surface area contributed by atoms with Crippen LogP contribution in [0.1, 0.15) is 45.6 Å². The van der Waals surface area contributed by atoms with Crippen molar-refractivity contribution in [2.24, 2.45) is 0 Å². The molecule has 14 heavy (non-hydrogen) atoms. The fourth-order valence-corrected chi connectivity index (χ4v) is 2.30. The molecule has 0 heterocycles. The fourth-order valence-electron chi connectivity index (χ4n) is 2.30. The Morgan fingerprint density at radius 1 is 1.00 bits per heavy atom. The van der Waals surface area contributed by atoms with Crippen molar-refractivity contribution in [3.63, 3.8) is 0 Å². The number of anilines is 1. The Balaban J connectivity index is 3.17. The van der Waals surface area contributed by atoms with Crippen molar-refractivity contribution in [2.45, 2.75) is 45.4 Å². The minimum Gasteiger partial charge on any atom is -0.398 e. The molecule has 1 aromatic carbocycles. The molecule has 0 saturated heterocycles. The number of nitrogens with two attached hydrogens (primary N) is 1. The third-order valence-electron chi connectivity index (χ3n) is 3.56. The van der Waals surface area contributed by atoms with Crippen LogP contribution < -0.4 is 5.73 Å². The second kappa shape index (κ2) is 4.50. The Hall–Kier alpha value is -0.980. The number of rotatable bonds is 4. The molecule has 0 bridgehead atoms. The molecule has 1 rings (SSSR count). The van der Waals surface area contributed by atoms with Gasteiger partial charge in [0.2, 0.25) is 0 Å². The van der Waals surface area contributed by atoms with Gasteiger partial charge in [0.15, 0.2) is 0 Å². The second-order valence-electron chi connectivity index (χ2n) is 3.93. The van der Waals surface area contributed by atoms with Crippen LogP contribution in [0.25, 0.3) is 0 Å². The van der Waals surface area contributed by atoms with Gasteiger partial charge in [0.1, 0.15) is 0 Å². The van der Waals surface area contributed by atoms with Crippen molar-refractivity contribution < 1.29 is 0 Å². The number of para-hydroxylation sites is 1. The van der Waals surface area contributed by atoms with E-state index in [0.29, 0.717) is 0 Å². The molecule has 0 atom stereocenters. The Labute approximate surface area is 87.3 Å². The molecule has 0 amide bonds. The van der Waals surface area contributed by atoms with E-state index in [1.54, 1.807) is 0 Å². The van der Waals surface area contributed by atoms with E-state index in [-0.39, 0.29) is 5.41 Å². The molecular formula is C13H21N. The zero-order valence-corrected chi connectivity index (χ0v) is 9.51. The van der Waals surface area contributed by atoms with Crippen LogP contribution in [0.2, 0.25) is 0 Å². The Morgan fingerprint density at radius 2 is 1.50 bits per heavy atom. The van der Waals surface area contributed by atoms with Gasteiger partial charge in [-0.25, -0.2) is 0 Å². The first kappa shape index (κ1) is 11.1. The van der Waals surface area contributed by atoms with Gasteiger partial charge in [-0.3, -0.25) is 0 Å². The molecule has 78 valence electrons. The molecule has 0 aliphatic heterocycles. The molecule has 2 N–H and O–H groups in total. The SMILES string of the molecule is CCC(CC)(CC)c1ccccc1N. The summed E-state index contributed by atoms with van der Waals surface area (Å²) in [7, 11) is 0. The van der Waals surface area contributed by atoms with Crippen LogP contribution in [0.15, 0.2) is 24.3 Å². The van der Waals surface area contributed by atoms with E-state index in [2.05, 4.69) is 32.9 Å². The highest BCUT2D eigenvalue weighted by atomic mass is 14.6. The van der Waals surface area contributed by atoms with Crippen LogP contribution in [-0.2, 0) is 5.41 Å².